The molecule has 112 heavy (non-hydrogen) atoms. The number of nitrogen functional groups attached to an aromatic ring is 1. The Balaban J connectivity index is 0.000000572. The summed E-state index contributed by atoms with van der Waals surface area (Å²) in [6.45, 7) is -8.27. The lowest BCUT2D eigenvalue weighted by molar-refractivity contribution is 0.198. The Labute approximate surface area is 800 Å². The van der Waals surface area contributed by atoms with Gasteiger partial charge in [-0.1, -0.05) is 41.6 Å². The maximum atomic E-state index is 13.0. The molecule has 4 aromatic rings. The second kappa shape index (κ2) is 69.0. The van der Waals surface area contributed by atoms with E-state index in [1.54, 1.807) is 30.3 Å². The van der Waals surface area contributed by atoms with Crippen LogP contribution in [0.15, 0.2) is 70.2 Å². The van der Waals surface area contributed by atoms with Gasteiger partial charge in [-0.05, 0) is 283 Å². The van der Waals surface area contributed by atoms with Gasteiger partial charge < -0.3 is 20.3 Å². The molecule has 1 aliphatic heterocycles. The number of hydrogen-bond acceptors (Lipinski definition) is 9. The Morgan fingerprint density at radius 2 is 0.696 bits per heavy atom. The van der Waals surface area contributed by atoms with Gasteiger partial charge in [0.15, 0.2) is 27.1 Å². The summed E-state index contributed by atoms with van der Waals surface area (Å²) in [5.41, 5.74) is 10.1. The van der Waals surface area contributed by atoms with Crippen molar-refractivity contribution < 1.29 is 22.1 Å². The zero-order chi connectivity index (χ0) is 85.5. The fourth-order valence-electron chi connectivity index (χ4n) is 8.71. The fourth-order valence-corrected chi connectivity index (χ4v) is 1100. The van der Waals surface area contributed by atoms with Crippen LogP contribution >= 0.6 is 591 Å². The van der Waals surface area contributed by atoms with E-state index < -0.39 is 35.2 Å². The Bertz CT molecular complexity index is 3270. The van der Waals surface area contributed by atoms with E-state index in [1.807, 2.05) is 24.3 Å². The SMILES string of the molecule is CC(F)CNCc1ccc(-c2cc(-c3nc(-c4ccc(S(=O)(=O)C5CCOC5)cc4)cnc3N)on2)cc1.PP(P)P(P(P)P)P(P(P)P)P(P(P(P(P)P)P(P)P)P(P(P)P)P(P)P)P(P(P(P(P)P)P(P)P)P(P(P)P)P(P)P)P(P(P(P(P)P)P(P)P)P(P(P)P)P(P)P)P(P(P(P)P)P(P)P)P(P(P)P)P(P)P. The van der Waals surface area contributed by atoms with Crippen LogP contribution in [-0.4, -0.2) is 54.7 Å². The van der Waals surface area contributed by atoms with Crippen molar-refractivity contribution in [3.63, 3.8) is 0 Å². The highest BCUT2D eigenvalue weighted by Gasteiger charge is 2.64. The molecule has 3 N–H and O–H groups in total. The topological polar surface area (TPSA) is 133 Å². The summed E-state index contributed by atoms with van der Waals surface area (Å²) >= 11 is 0. The molecule has 1 aliphatic rings. The largest absolute Gasteiger partial charge is 0.382 e. The first-order valence-corrected chi connectivity index (χ1v) is 165. The van der Waals surface area contributed by atoms with Crippen molar-refractivity contribution in [2.75, 3.05) is 25.5 Å². The maximum absolute atomic E-state index is 13.0. The van der Waals surface area contributed by atoms with Gasteiger partial charge in [-0.25, -0.2) is 22.8 Å². The molecule has 644 valence electrons. The van der Waals surface area contributed by atoms with Crippen LogP contribution in [0.25, 0.3) is 34.0 Å². The molecule has 0 saturated carbocycles. The van der Waals surface area contributed by atoms with Gasteiger partial charge in [-0.3, -0.25) is 0 Å². The van der Waals surface area contributed by atoms with Crippen molar-refractivity contribution in [3.05, 3.63) is 66.4 Å². The van der Waals surface area contributed by atoms with Gasteiger partial charge in [0.2, 0.25) is 0 Å². The Kier molecular flexibility index (Phi) is 81.6. The number of nitrogens with two attached hydrogens (primary N) is 1. The minimum atomic E-state index is -3.45. The summed E-state index contributed by atoms with van der Waals surface area (Å²) in [6, 6.07) is 16.0. The van der Waals surface area contributed by atoms with E-state index in [0.29, 0.717) is 54.5 Å². The second-order valence-corrected chi connectivity index (χ2v) is 330. The van der Waals surface area contributed by atoms with Crippen LogP contribution in [0, 0.1) is 0 Å². The average Bonchev–Trinajstić information content (AvgIpc) is 0.923. The summed E-state index contributed by atoms with van der Waals surface area (Å²) in [4.78, 5) is 9.13. The van der Waals surface area contributed by atoms with Gasteiger partial charge in [-0.2, -0.15) is 0 Å². The highest BCUT2D eigenvalue weighted by atomic mass is 33.6. The van der Waals surface area contributed by atoms with E-state index >= 15 is 0 Å². The van der Waals surface area contributed by atoms with Crippen LogP contribution in [0.2, 0.25) is 0 Å². The molecular weight excluding hydrogens is 2800 g/mol. The number of halogens is 1. The number of alkyl halides is 1. The monoisotopic (exact) mass is 2910 g/mol. The first-order valence-electron chi connectivity index (χ1n) is 29.1. The number of aromatic nitrogens is 3. The van der Waals surface area contributed by atoms with Crippen molar-refractivity contribution in [1.29, 1.82) is 0 Å². The summed E-state index contributed by atoms with van der Waals surface area (Å²) in [6.07, 6.45) is 1.13. The summed E-state index contributed by atoms with van der Waals surface area (Å²) in [5.74, 6) is 0.537. The molecule has 0 bridgehead atoms. The molecule has 9 nitrogen and oxygen atoms in total. The zero-order valence-electron chi connectivity index (χ0n) is 58.8. The highest BCUT2D eigenvalue weighted by Crippen LogP contribution is 3.51. The lowest BCUT2D eigenvalue weighted by atomic mass is 10.1. The minimum absolute atomic E-state index is 0.181. The number of nitrogens with one attached hydrogen (secondary N) is 1. The van der Waals surface area contributed by atoms with Crippen molar-refractivity contribution in [3.8, 4) is 34.0 Å². The normalized spacial score (nSPS) is 16.0. The Morgan fingerprint density at radius 3 is 0.982 bits per heavy atom. The van der Waals surface area contributed by atoms with Gasteiger partial charge in [0.1, 0.15) is 11.9 Å². The van der Waals surface area contributed by atoms with Crippen LogP contribution < -0.4 is 11.1 Å². The van der Waals surface area contributed by atoms with Crippen molar-refractivity contribution in [2.24, 2.45) is 0 Å². The number of anilines is 1. The van der Waals surface area contributed by atoms with Crippen LogP contribution in [0.4, 0.5) is 10.2 Å². The molecule has 5 rings (SSSR count). The van der Waals surface area contributed by atoms with E-state index in [9.17, 15) is 12.8 Å². The van der Waals surface area contributed by atoms with Crippen molar-refractivity contribution in [1.82, 2.24) is 20.4 Å². The molecule has 2 aromatic heterocycles. The molecule has 43 unspecified atom stereocenters. The van der Waals surface area contributed by atoms with E-state index in [2.05, 4.69) is 360 Å². The van der Waals surface area contributed by atoms with E-state index in [-0.39, 0.29) is 255 Å². The lowest BCUT2D eigenvalue weighted by Crippen LogP contribution is -2.21. The molecule has 85 heteroatoms. The molecular formula is C27H104FN5O4P74S. The van der Waals surface area contributed by atoms with Gasteiger partial charge in [0.25, 0.3) is 0 Å². The number of hydrogen-bond donors (Lipinski definition) is 2. The minimum Gasteiger partial charge on any atom is -0.382 e. The van der Waals surface area contributed by atoms with Crippen LogP contribution in [-0.2, 0) is 21.1 Å². The maximum Gasteiger partial charge on any atom is 0.189 e. The fraction of sp³-hybridized carbons (Fsp3) is 0.296. The van der Waals surface area contributed by atoms with Crippen molar-refractivity contribution >= 4 is 606 Å². The van der Waals surface area contributed by atoms with Crippen molar-refractivity contribution in [2.45, 2.75) is 36.2 Å². The Morgan fingerprint density at radius 1 is 0.420 bits per heavy atom. The second-order valence-electron chi connectivity index (χ2n) is 21.0. The Hall–Kier alpha value is 28.1. The first-order chi connectivity index (χ1) is 51.9. The van der Waals surface area contributed by atoms with E-state index in [1.165, 1.54) is 13.1 Å². The number of ether oxygens (including phenoxy) is 1. The summed E-state index contributed by atoms with van der Waals surface area (Å²) in [5, 5.41) is 6.70. The van der Waals surface area contributed by atoms with Gasteiger partial charge in [-0.15, -0.1) is 339 Å². The summed E-state index contributed by atoms with van der Waals surface area (Å²) < 4.78 is 49.4. The average molecular weight is 2910 g/mol. The molecule has 1 fully saturated rings. The zero-order valence-corrected chi connectivity index (χ0v) is 136. The third-order valence-electron chi connectivity index (χ3n) is 12.8. The number of rotatable bonds is 44. The first kappa shape index (κ1) is 132. The predicted octanol–water partition coefficient (Wildman–Crippen LogP) is 47.4. The quantitative estimate of drug-likeness (QED) is 0.0415. The van der Waals surface area contributed by atoms with Crippen LogP contribution in [0.1, 0.15) is 18.9 Å². The van der Waals surface area contributed by atoms with Gasteiger partial charge in [0, 0.05) is 36.9 Å². The third kappa shape index (κ3) is 42.5. The number of benzene rings is 2. The van der Waals surface area contributed by atoms with Crippen LogP contribution in [0.5, 0.6) is 0 Å². The molecule has 0 aliphatic carbocycles. The molecule has 2 aromatic carbocycles. The lowest BCUT2D eigenvalue weighted by Gasteiger charge is -2.62. The number of nitrogens with zero attached hydrogens (tertiary/aromatic N) is 3. The smallest absolute Gasteiger partial charge is 0.189 e. The molecule has 43 atom stereocenters. The molecule has 0 radical (unpaired) electrons. The van der Waals surface area contributed by atoms with Gasteiger partial charge in [0.05, 0.1) is 28.6 Å². The number of sulfone groups is 1. The third-order valence-corrected chi connectivity index (χ3v) is 534. The standard InChI is InChI=1S/C27H28FN5O4S.H76P74/c1-17(28)13-30-14-18-2-4-19(5-3-18)23-12-25(37-33-23)26-27(29)31-15-24(32-26)20-6-8-21(9-7-20)38(34,35)22-10-11-36-16-22;1-39(2)58(40(3)4)67(57(37)38)72(68(59(41(5)6)42(7)8)60(43(9)10)44(11)12)74(71(65(53(29)30)54(31)32)66(55(33)34)56(35)36)73(69(61(45(13)14)46(15)16)62(47(17)18)48(19)20)70(63(49(21)22)50(23)24)64(51(25)26)52(27)28/h2-9,12,15,17,22,30H,10-11,13-14,16H2,1H3,(H2,29,31);1-38H2. The molecule has 0 amide bonds. The van der Waals surface area contributed by atoms with Gasteiger partial charge >= 0.3 is 0 Å². The highest BCUT2D eigenvalue weighted by molar-refractivity contribution is 9.57. The van der Waals surface area contributed by atoms with E-state index in [4.69, 9.17) is 15.0 Å². The van der Waals surface area contributed by atoms with Crippen LogP contribution in [0.3, 0.4) is 0 Å². The molecule has 1 saturated heterocycles. The molecule has 3 heterocycles. The predicted molar refractivity (Wildman–Crippen MR) is 760 cm³/mol. The molecule has 0 spiro atoms. The van der Waals surface area contributed by atoms with E-state index in [0.717, 1.165) is 11.1 Å². The summed E-state index contributed by atoms with van der Waals surface area (Å²) in [7, 11) is 135.